The summed E-state index contributed by atoms with van der Waals surface area (Å²) in [6.45, 7) is 0. The Bertz CT molecular complexity index is 537. The van der Waals surface area contributed by atoms with Crippen LogP contribution in [0.5, 0.6) is 5.75 Å². The molecule has 0 fully saturated rings. The highest BCUT2D eigenvalue weighted by molar-refractivity contribution is 5.89. The van der Waals surface area contributed by atoms with Crippen LogP contribution in [-0.2, 0) is 4.74 Å². The lowest BCUT2D eigenvalue weighted by molar-refractivity contribution is 0.0600. The molecule has 0 aliphatic carbocycles. The van der Waals surface area contributed by atoms with Crippen LogP contribution in [0.15, 0.2) is 60.7 Å². The standard InChI is InChI=1S/C8H8O2.C7H6O3/c1-10-8(9)7-5-3-2-4-6-7;8-7(9)10-6-4-2-1-3-5-6/h2-6H,1H3;1-5H,(H,8,9). The summed E-state index contributed by atoms with van der Waals surface area (Å²) < 4.78 is 8.83. The molecule has 0 spiro atoms. The minimum atomic E-state index is -1.29. The number of esters is 1. The second-order valence-corrected chi connectivity index (χ2v) is 3.54. The Hall–Kier alpha value is -2.82. The van der Waals surface area contributed by atoms with Crippen molar-refractivity contribution in [3.63, 3.8) is 0 Å². The smallest absolute Gasteiger partial charge is 0.465 e. The predicted octanol–water partition coefficient (Wildman–Crippen LogP) is 3.22. The average molecular weight is 274 g/mol. The van der Waals surface area contributed by atoms with Gasteiger partial charge >= 0.3 is 12.1 Å². The maximum Gasteiger partial charge on any atom is 0.511 e. The van der Waals surface area contributed by atoms with E-state index >= 15 is 0 Å². The van der Waals surface area contributed by atoms with Gasteiger partial charge in [-0.3, -0.25) is 0 Å². The van der Waals surface area contributed by atoms with E-state index in [0.717, 1.165) is 0 Å². The van der Waals surface area contributed by atoms with Crippen molar-refractivity contribution in [3.8, 4) is 5.75 Å². The van der Waals surface area contributed by atoms with Crippen molar-refractivity contribution < 1.29 is 24.2 Å². The van der Waals surface area contributed by atoms with Crippen molar-refractivity contribution >= 4 is 12.1 Å². The molecule has 0 aromatic heterocycles. The van der Waals surface area contributed by atoms with Crippen LogP contribution in [0.2, 0.25) is 0 Å². The summed E-state index contributed by atoms with van der Waals surface area (Å²) in [6, 6.07) is 17.2. The molecule has 0 amide bonds. The normalized spacial score (nSPS) is 8.85. The molecule has 0 radical (unpaired) electrons. The lowest BCUT2D eigenvalue weighted by Gasteiger charge is -1.95. The Morgan fingerprint density at radius 3 is 1.85 bits per heavy atom. The monoisotopic (exact) mass is 274 g/mol. The highest BCUT2D eigenvalue weighted by Crippen LogP contribution is 2.07. The lowest BCUT2D eigenvalue weighted by atomic mass is 10.2. The van der Waals surface area contributed by atoms with E-state index in [1.807, 2.05) is 6.07 Å². The Morgan fingerprint density at radius 2 is 1.40 bits per heavy atom. The van der Waals surface area contributed by atoms with E-state index in [4.69, 9.17) is 5.11 Å². The molecule has 2 aromatic rings. The van der Waals surface area contributed by atoms with Gasteiger partial charge in [0.25, 0.3) is 0 Å². The van der Waals surface area contributed by atoms with Gasteiger partial charge in [-0.15, -0.1) is 0 Å². The van der Waals surface area contributed by atoms with Gasteiger partial charge in [-0.25, -0.2) is 9.59 Å². The fourth-order valence-corrected chi connectivity index (χ4v) is 1.28. The van der Waals surface area contributed by atoms with Crippen LogP contribution in [0.4, 0.5) is 4.79 Å². The van der Waals surface area contributed by atoms with E-state index in [-0.39, 0.29) is 5.97 Å². The molecule has 0 aliphatic heterocycles. The molecule has 2 aromatic carbocycles. The summed E-state index contributed by atoms with van der Waals surface area (Å²) >= 11 is 0. The number of rotatable bonds is 2. The van der Waals surface area contributed by atoms with E-state index < -0.39 is 6.16 Å². The number of carbonyl (C=O) groups is 2. The molecule has 0 saturated heterocycles. The number of para-hydroxylation sites is 1. The van der Waals surface area contributed by atoms with Gasteiger partial charge in [0.15, 0.2) is 0 Å². The molecule has 2 rings (SSSR count). The molecule has 0 unspecified atom stereocenters. The lowest BCUT2D eigenvalue weighted by Crippen LogP contribution is -2.02. The molecular weight excluding hydrogens is 260 g/mol. The van der Waals surface area contributed by atoms with Crippen LogP contribution in [0.1, 0.15) is 10.4 Å². The van der Waals surface area contributed by atoms with Crippen LogP contribution < -0.4 is 4.74 Å². The largest absolute Gasteiger partial charge is 0.511 e. The molecule has 1 N–H and O–H groups in total. The first kappa shape index (κ1) is 15.2. The Kier molecular flexibility index (Phi) is 6.33. The second kappa shape index (κ2) is 8.31. The molecule has 5 nitrogen and oxygen atoms in total. The first-order valence-electron chi connectivity index (χ1n) is 5.72. The van der Waals surface area contributed by atoms with Gasteiger partial charge in [0.2, 0.25) is 0 Å². The fraction of sp³-hybridized carbons (Fsp3) is 0.0667. The van der Waals surface area contributed by atoms with Crippen molar-refractivity contribution in [2.75, 3.05) is 7.11 Å². The molecule has 5 heteroatoms. The topological polar surface area (TPSA) is 72.8 Å². The van der Waals surface area contributed by atoms with Crippen molar-refractivity contribution in [2.45, 2.75) is 0 Å². The number of hydrogen-bond acceptors (Lipinski definition) is 4. The van der Waals surface area contributed by atoms with Gasteiger partial charge in [-0.1, -0.05) is 36.4 Å². The maximum absolute atomic E-state index is 10.8. The molecule has 104 valence electrons. The van der Waals surface area contributed by atoms with Gasteiger partial charge < -0.3 is 14.6 Å². The number of carbonyl (C=O) groups excluding carboxylic acids is 1. The van der Waals surface area contributed by atoms with Gasteiger partial charge in [0.1, 0.15) is 5.75 Å². The third-order valence-corrected chi connectivity index (χ3v) is 2.14. The maximum atomic E-state index is 10.8. The average Bonchev–Trinajstić information content (AvgIpc) is 2.48. The number of carboxylic acid groups (broad SMARTS) is 1. The van der Waals surface area contributed by atoms with Crippen LogP contribution in [-0.4, -0.2) is 24.3 Å². The van der Waals surface area contributed by atoms with Crippen LogP contribution in [0.3, 0.4) is 0 Å². The third kappa shape index (κ3) is 5.68. The molecule has 0 aliphatic rings. The summed E-state index contributed by atoms with van der Waals surface area (Å²) in [6.07, 6.45) is -1.29. The number of ether oxygens (including phenoxy) is 2. The van der Waals surface area contributed by atoms with E-state index in [9.17, 15) is 9.59 Å². The van der Waals surface area contributed by atoms with Gasteiger partial charge in [0, 0.05) is 0 Å². The summed E-state index contributed by atoms with van der Waals surface area (Å²) in [7, 11) is 1.37. The van der Waals surface area contributed by atoms with Crippen molar-refractivity contribution in [1.29, 1.82) is 0 Å². The molecular formula is C15H14O5. The van der Waals surface area contributed by atoms with Crippen molar-refractivity contribution in [2.24, 2.45) is 0 Å². The van der Waals surface area contributed by atoms with Gasteiger partial charge in [0.05, 0.1) is 12.7 Å². The number of methoxy groups -OCH3 is 1. The van der Waals surface area contributed by atoms with Gasteiger partial charge in [-0.2, -0.15) is 0 Å². The molecule has 20 heavy (non-hydrogen) atoms. The molecule has 0 atom stereocenters. The minimum Gasteiger partial charge on any atom is -0.465 e. The van der Waals surface area contributed by atoms with Crippen LogP contribution >= 0.6 is 0 Å². The summed E-state index contributed by atoms with van der Waals surface area (Å²) in [5, 5.41) is 8.14. The summed E-state index contributed by atoms with van der Waals surface area (Å²) in [4.78, 5) is 20.7. The van der Waals surface area contributed by atoms with E-state index in [2.05, 4.69) is 9.47 Å². The number of hydrogen-bond donors (Lipinski definition) is 1. The quantitative estimate of drug-likeness (QED) is 0.672. The fourth-order valence-electron chi connectivity index (χ4n) is 1.28. The van der Waals surface area contributed by atoms with Crippen molar-refractivity contribution in [3.05, 3.63) is 66.2 Å². The molecule has 0 saturated carbocycles. The molecule has 0 heterocycles. The zero-order chi connectivity index (χ0) is 14.8. The van der Waals surface area contributed by atoms with Crippen LogP contribution in [0.25, 0.3) is 0 Å². The zero-order valence-electron chi connectivity index (χ0n) is 10.9. The summed E-state index contributed by atoms with van der Waals surface area (Å²) in [5.74, 6) is 0.0515. The number of benzene rings is 2. The Morgan fingerprint density at radius 1 is 0.900 bits per heavy atom. The second-order valence-electron chi connectivity index (χ2n) is 3.54. The van der Waals surface area contributed by atoms with E-state index in [1.54, 1.807) is 54.6 Å². The zero-order valence-corrected chi connectivity index (χ0v) is 10.9. The van der Waals surface area contributed by atoms with Crippen molar-refractivity contribution in [1.82, 2.24) is 0 Å². The first-order chi connectivity index (χ1) is 9.63. The minimum absolute atomic E-state index is 0.291. The predicted molar refractivity (Wildman–Crippen MR) is 72.9 cm³/mol. The third-order valence-electron chi connectivity index (χ3n) is 2.14. The summed E-state index contributed by atoms with van der Waals surface area (Å²) in [5.41, 5.74) is 0.588. The SMILES string of the molecule is COC(=O)c1ccccc1.O=C(O)Oc1ccccc1. The first-order valence-corrected chi connectivity index (χ1v) is 5.72. The highest BCUT2D eigenvalue weighted by Gasteiger charge is 2.00. The van der Waals surface area contributed by atoms with Gasteiger partial charge in [-0.05, 0) is 24.3 Å². The van der Waals surface area contributed by atoms with E-state index in [0.29, 0.717) is 11.3 Å². The molecule has 0 bridgehead atoms. The Labute approximate surface area is 116 Å². The van der Waals surface area contributed by atoms with E-state index in [1.165, 1.54) is 7.11 Å². The highest BCUT2D eigenvalue weighted by atomic mass is 16.7. The Balaban J connectivity index is 0.000000200. The van der Waals surface area contributed by atoms with Crippen LogP contribution in [0, 0.1) is 0 Å².